The van der Waals surface area contributed by atoms with Gasteiger partial charge in [-0.15, -0.1) is 0 Å². The first kappa shape index (κ1) is 27.5. The van der Waals surface area contributed by atoms with E-state index in [1.807, 2.05) is 48.5 Å². The van der Waals surface area contributed by atoms with E-state index in [0.29, 0.717) is 43.7 Å². The minimum Gasteiger partial charge on any atom is -0.507 e. The molecule has 0 saturated heterocycles. The summed E-state index contributed by atoms with van der Waals surface area (Å²) in [5.41, 5.74) is 5.63. The van der Waals surface area contributed by atoms with Crippen molar-refractivity contribution in [2.45, 2.75) is 13.8 Å². The van der Waals surface area contributed by atoms with Gasteiger partial charge in [0.15, 0.2) is 0 Å². The maximum absolute atomic E-state index is 10.7. The van der Waals surface area contributed by atoms with Crippen molar-refractivity contribution >= 4 is 68.6 Å². The summed E-state index contributed by atoms with van der Waals surface area (Å²) in [6.07, 6.45) is 3.28. The quantitative estimate of drug-likeness (QED) is 0.197. The van der Waals surface area contributed by atoms with Gasteiger partial charge in [-0.05, 0) is 82.9 Å². The number of nitrogens with zero attached hydrogens (tertiary/aromatic N) is 2. The SMILES string of the molecule is Cc1cc(Cl)cc(C=Nc2ccc3ccccc3c2-c2c(N=Cc3cc(Cl)cc(C)c3O)ccc3ccccc23)c1O. The second-order valence-corrected chi connectivity index (χ2v) is 11.1. The van der Waals surface area contributed by atoms with Crippen molar-refractivity contribution in [2.24, 2.45) is 9.98 Å². The Labute approximate surface area is 253 Å². The summed E-state index contributed by atoms with van der Waals surface area (Å²) in [6, 6.07) is 31.2. The zero-order chi connectivity index (χ0) is 29.4. The Balaban J connectivity index is 1.63. The van der Waals surface area contributed by atoms with E-state index in [-0.39, 0.29) is 11.5 Å². The number of fused-ring (bicyclic) bond motifs is 2. The van der Waals surface area contributed by atoms with Crippen molar-refractivity contribution in [3.63, 3.8) is 0 Å². The Kier molecular flexibility index (Phi) is 7.42. The molecule has 0 fully saturated rings. The van der Waals surface area contributed by atoms with Gasteiger partial charge in [0, 0.05) is 44.7 Å². The number of benzene rings is 6. The van der Waals surface area contributed by atoms with Crippen molar-refractivity contribution in [3.8, 4) is 22.6 Å². The highest BCUT2D eigenvalue weighted by Gasteiger charge is 2.17. The zero-order valence-corrected chi connectivity index (χ0v) is 24.4. The first-order chi connectivity index (χ1) is 20.3. The number of hydrogen-bond acceptors (Lipinski definition) is 4. The van der Waals surface area contributed by atoms with Crippen LogP contribution in [0.5, 0.6) is 11.5 Å². The molecule has 0 spiro atoms. The number of aryl methyl sites for hydroxylation is 2. The maximum Gasteiger partial charge on any atom is 0.127 e. The number of phenols is 2. The van der Waals surface area contributed by atoms with Gasteiger partial charge in [-0.25, -0.2) is 0 Å². The lowest BCUT2D eigenvalue weighted by Crippen LogP contribution is -1.90. The monoisotopic (exact) mass is 588 g/mol. The van der Waals surface area contributed by atoms with Gasteiger partial charge in [0.25, 0.3) is 0 Å². The molecule has 0 saturated carbocycles. The van der Waals surface area contributed by atoms with E-state index in [2.05, 4.69) is 24.3 Å². The summed E-state index contributed by atoms with van der Waals surface area (Å²) in [6.45, 7) is 3.61. The van der Waals surface area contributed by atoms with Gasteiger partial charge in [0.05, 0.1) is 11.4 Å². The van der Waals surface area contributed by atoms with E-state index in [1.54, 1.807) is 50.5 Å². The second kappa shape index (κ2) is 11.3. The maximum atomic E-state index is 10.7. The number of halogens is 2. The molecule has 0 radical (unpaired) electrons. The van der Waals surface area contributed by atoms with Crippen molar-refractivity contribution in [1.82, 2.24) is 0 Å². The Hall–Kier alpha value is -4.64. The fourth-order valence-electron chi connectivity index (χ4n) is 5.26. The molecule has 0 amide bonds. The minimum absolute atomic E-state index is 0.137. The number of aliphatic imine (C=N–C) groups is 2. The van der Waals surface area contributed by atoms with Gasteiger partial charge in [0.1, 0.15) is 11.5 Å². The van der Waals surface area contributed by atoms with Gasteiger partial charge < -0.3 is 10.2 Å². The van der Waals surface area contributed by atoms with Crippen LogP contribution in [0.15, 0.2) is 107 Å². The smallest absolute Gasteiger partial charge is 0.127 e. The number of phenolic OH excluding ortho intramolecular Hbond substituents is 2. The van der Waals surface area contributed by atoms with Crippen LogP contribution in [-0.2, 0) is 0 Å². The van der Waals surface area contributed by atoms with Crippen LogP contribution in [0.2, 0.25) is 10.0 Å². The molecule has 6 aromatic rings. The van der Waals surface area contributed by atoms with Gasteiger partial charge in [0.2, 0.25) is 0 Å². The average Bonchev–Trinajstić information content (AvgIpc) is 2.98. The van der Waals surface area contributed by atoms with Gasteiger partial charge in [-0.1, -0.05) is 83.9 Å². The topological polar surface area (TPSA) is 65.2 Å². The lowest BCUT2D eigenvalue weighted by molar-refractivity contribution is 0.470. The van der Waals surface area contributed by atoms with Crippen LogP contribution in [0.4, 0.5) is 11.4 Å². The van der Waals surface area contributed by atoms with Gasteiger partial charge >= 0.3 is 0 Å². The van der Waals surface area contributed by atoms with Crippen LogP contribution in [0.1, 0.15) is 22.3 Å². The lowest BCUT2D eigenvalue weighted by atomic mass is 9.91. The molecule has 6 aromatic carbocycles. The zero-order valence-electron chi connectivity index (χ0n) is 22.9. The standard InChI is InChI=1S/C36H26Cl2N2O2/c1-21-15-27(37)17-25(35(21)41)19-39-31-13-11-23-7-3-5-9-29(23)33(31)34-30-10-6-4-8-24(30)12-14-32(34)40-20-26-18-28(38)16-22(2)36(26)42/h3-20,41-42H,1-2H3. The van der Waals surface area contributed by atoms with E-state index in [4.69, 9.17) is 33.2 Å². The summed E-state index contributed by atoms with van der Waals surface area (Å²) in [4.78, 5) is 9.79. The second-order valence-electron chi connectivity index (χ2n) is 10.2. The van der Waals surface area contributed by atoms with E-state index >= 15 is 0 Å². The van der Waals surface area contributed by atoms with Crippen LogP contribution in [0, 0.1) is 13.8 Å². The third kappa shape index (κ3) is 5.23. The molecule has 0 aliphatic rings. The molecule has 206 valence electrons. The average molecular weight is 590 g/mol. The molecular formula is C36H26Cl2N2O2. The third-order valence-electron chi connectivity index (χ3n) is 7.34. The molecule has 0 unspecified atom stereocenters. The fraction of sp³-hybridized carbons (Fsp3) is 0.0556. The molecule has 0 aliphatic heterocycles. The summed E-state index contributed by atoms with van der Waals surface area (Å²) >= 11 is 12.6. The van der Waals surface area contributed by atoms with Gasteiger partial charge in [-0.2, -0.15) is 0 Å². The summed E-state index contributed by atoms with van der Waals surface area (Å²) in [5, 5.41) is 26.5. The minimum atomic E-state index is 0.137. The highest BCUT2D eigenvalue weighted by molar-refractivity contribution is 6.31. The van der Waals surface area contributed by atoms with E-state index < -0.39 is 0 Å². The van der Waals surface area contributed by atoms with Gasteiger partial charge in [-0.3, -0.25) is 9.98 Å². The van der Waals surface area contributed by atoms with Crippen molar-refractivity contribution in [1.29, 1.82) is 0 Å². The number of hydrogen-bond donors (Lipinski definition) is 2. The molecule has 4 nitrogen and oxygen atoms in total. The first-order valence-electron chi connectivity index (χ1n) is 13.4. The van der Waals surface area contributed by atoms with E-state index in [0.717, 1.165) is 32.7 Å². The lowest BCUT2D eigenvalue weighted by Gasteiger charge is -2.16. The molecule has 0 atom stereocenters. The first-order valence-corrected chi connectivity index (χ1v) is 14.2. The molecule has 2 N–H and O–H groups in total. The van der Waals surface area contributed by atoms with Crippen molar-refractivity contribution in [2.75, 3.05) is 0 Å². The number of rotatable bonds is 5. The third-order valence-corrected chi connectivity index (χ3v) is 7.78. The molecule has 0 bridgehead atoms. The normalized spacial score (nSPS) is 11.8. The Bertz CT molecular complexity index is 1920. The van der Waals surface area contributed by atoms with E-state index in [1.165, 1.54) is 0 Å². The summed E-state index contributed by atoms with van der Waals surface area (Å²) < 4.78 is 0. The molecule has 6 rings (SSSR count). The van der Waals surface area contributed by atoms with Crippen molar-refractivity contribution in [3.05, 3.63) is 129 Å². The number of aromatic hydroxyl groups is 2. The summed E-state index contributed by atoms with van der Waals surface area (Å²) in [7, 11) is 0. The van der Waals surface area contributed by atoms with E-state index in [9.17, 15) is 10.2 Å². The largest absolute Gasteiger partial charge is 0.507 e. The van der Waals surface area contributed by atoms with Crippen LogP contribution < -0.4 is 0 Å². The molecule has 42 heavy (non-hydrogen) atoms. The highest BCUT2D eigenvalue weighted by Crippen LogP contribution is 2.45. The Morgan fingerprint density at radius 1 is 0.548 bits per heavy atom. The van der Waals surface area contributed by atoms with Crippen LogP contribution >= 0.6 is 23.2 Å². The highest BCUT2D eigenvalue weighted by atomic mass is 35.5. The molecule has 0 heterocycles. The van der Waals surface area contributed by atoms with Crippen molar-refractivity contribution < 1.29 is 10.2 Å². The molecule has 6 heteroatoms. The van der Waals surface area contributed by atoms with Crippen LogP contribution in [-0.4, -0.2) is 22.6 Å². The Morgan fingerprint density at radius 2 is 0.952 bits per heavy atom. The van der Waals surface area contributed by atoms with Crippen LogP contribution in [0.3, 0.4) is 0 Å². The predicted octanol–water partition coefficient (Wildman–Crippen LogP) is 10.5. The molecule has 0 aromatic heterocycles. The molecule has 0 aliphatic carbocycles. The van der Waals surface area contributed by atoms with Crippen LogP contribution in [0.25, 0.3) is 32.7 Å². The fourth-order valence-corrected chi connectivity index (χ4v) is 5.82. The Morgan fingerprint density at radius 3 is 1.38 bits per heavy atom. The predicted molar refractivity (Wildman–Crippen MR) is 177 cm³/mol. The summed E-state index contributed by atoms with van der Waals surface area (Å²) in [5.74, 6) is 0.273. The molecular weight excluding hydrogens is 563 g/mol.